The van der Waals surface area contributed by atoms with E-state index in [4.69, 9.17) is 5.11 Å². The largest absolute Gasteiger partial charge is 0.476 e. The highest BCUT2D eigenvalue weighted by Gasteiger charge is 2.23. The second kappa shape index (κ2) is 6.36. The molecule has 0 aromatic carbocycles. The van der Waals surface area contributed by atoms with Crippen LogP contribution in [0.3, 0.4) is 0 Å². The number of carboxylic acids is 1. The number of hydrogen-bond donors (Lipinski definition) is 1. The Morgan fingerprint density at radius 2 is 2.19 bits per heavy atom. The second-order valence-corrected chi connectivity index (χ2v) is 6.79. The van der Waals surface area contributed by atoms with Crippen LogP contribution in [0.15, 0.2) is 17.5 Å². The third kappa shape index (κ3) is 3.48. The topological polar surface area (TPSA) is 70.5 Å². The summed E-state index contributed by atoms with van der Waals surface area (Å²) < 4.78 is 0. The fourth-order valence-electron chi connectivity index (χ4n) is 1.89. The zero-order valence-electron chi connectivity index (χ0n) is 12.0. The number of aromatic carboxylic acids is 1. The molecule has 1 atom stereocenters. The van der Waals surface area contributed by atoms with E-state index in [1.54, 1.807) is 11.3 Å². The van der Waals surface area contributed by atoms with Gasteiger partial charge in [-0.3, -0.25) is 4.79 Å². The van der Waals surface area contributed by atoms with E-state index in [9.17, 15) is 9.59 Å². The van der Waals surface area contributed by atoms with Crippen LogP contribution in [-0.2, 0) is 6.42 Å². The SMILES string of the molecule is CC(=O)c1sc(N(C)C(C)Cc2cccs2)nc1C(=O)O. The van der Waals surface area contributed by atoms with Gasteiger partial charge in [-0.15, -0.1) is 11.3 Å². The molecule has 0 aliphatic heterocycles. The average Bonchev–Trinajstić information content (AvgIpc) is 3.06. The number of likely N-dealkylation sites (N-methyl/N-ethyl adjacent to an activating group) is 1. The predicted molar refractivity (Wildman–Crippen MR) is 85.0 cm³/mol. The Morgan fingerprint density at radius 1 is 1.48 bits per heavy atom. The first kappa shape index (κ1) is 15.7. The van der Waals surface area contributed by atoms with Crippen molar-refractivity contribution in [3.8, 4) is 0 Å². The lowest BCUT2D eigenvalue weighted by Gasteiger charge is -2.23. The molecule has 0 saturated heterocycles. The molecule has 0 aliphatic rings. The Labute approximate surface area is 130 Å². The van der Waals surface area contributed by atoms with Gasteiger partial charge >= 0.3 is 5.97 Å². The maximum atomic E-state index is 11.5. The molecule has 0 amide bonds. The first-order valence-corrected chi connectivity index (χ1v) is 8.10. The highest BCUT2D eigenvalue weighted by molar-refractivity contribution is 7.17. The maximum absolute atomic E-state index is 11.5. The Kier molecular flexibility index (Phi) is 4.74. The van der Waals surface area contributed by atoms with Crippen LogP contribution >= 0.6 is 22.7 Å². The fraction of sp³-hybridized carbons (Fsp3) is 0.357. The number of carboxylic acid groups (broad SMARTS) is 1. The number of rotatable bonds is 6. The van der Waals surface area contributed by atoms with E-state index >= 15 is 0 Å². The van der Waals surface area contributed by atoms with Crippen LogP contribution in [0.1, 0.15) is 38.9 Å². The predicted octanol–water partition coefficient (Wildman–Crippen LogP) is 3.17. The number of nitrogens with zero attached hydrogens (tertiary/aromatic N) is 2. The molecule has 2 aromatic rings. The van der Waals surface area contributed by atoms with Gasteiger partial charge in [0.05, 0.1) is 0 Å². The van der Waals surface area contributed by atoms with Crippen LogP contribution in [0.25, 0.3) is 0 Å². The van der Waals surface area contributed by atoms with Crippen molar-refractivity contribution in [1.29, 1.82) is 0 Å². The smallest absolute Gasteiger partial charge is 0.356 e. The summed E-state index contributed by atoms with van der Waals surface area (Å²) in [5, 5.41) is 11.7. The average molecular weight is 324 g/mol. The standard InChI is InChI=1S/C14H16N2O3S2/c1-8(7-10-5-4-6-20-10)16(3)14-15-11(13(18)19)12(21-14)9(2)17/h4-6,8H,7H2,1-3H3,(H,18,19). The molecule has 2 heterocycles. The number of carbonyl (C=O) groups is 2. The monoisotopic (exact) mass is 324 g/mol. The van der Waals surface area contributed by atoms with Crippen molar-refractivity contribution in [2.24, 2.45) is 0 Å². The Balaban J connectivity index is 2.22. The van der Waals surface area contributed by atoms with Crippen molar-refractivity contribution in [3.05, 3.63) is 33.0 Å². The summed E-state index contributed by atoms with van der Waals surface area (Å²) in [5.41, 5.74) is -0.155. The lowest BCUT2D eigenvalue weighted by atomic mass is 10.2. The molecule has 2 rings (SSSR count). The van der Waals surface area contributed by atoms with E-state index in [0.717, 1.165) is 17.8 Å². The number of carbonyl (C=O) groups excluding carboxylic acids is 1. The van der Waals surface area contributed by atoms with E-state index in [0.29, 0.717) is 5.13 Å². The third-order valence-electron chi connectivity index (χ3n) is 3.18. The van der Waals surface area contributed by atoms with Gasteiger partial charge in [-0.05, 0) is 18.4 Å². The van der Waals surface area contributed by atoms with Crippen LogP contribution in [0, 0.1) is 0 Å². The number of ketones is 1. The van der Waals surface area contributed by atoms with Crippen molar-refractivity contribution in [2.75, 3.05) is 11.9 Å². The lowest BCUT2D eigenvalue weighted by molar-refractivity contribution is 0.0687. The minimum Gasteiger partial charge on any atom is -0.476 e. The molecule has 5 nitrogen and oxygen atoms in total. The van der Waals surface area contributed by atoms with E-state index in [2.05, 4.69) is 18.0 Å². The lowest BCUT2D eigenvalue weighted by Crippen LogP contribution is -2.30. The first-order valence-electron chi connectivity index (χ1n) is 6.40. The molecule has 2 aromatic heterocycles. The van der Waals surface area contributed by atoms with Gasteiger partial charge in [0.15, 0.2) is 16.6 Å². The number of thiazole rings is 1. The minimum atomic E-state index is -1.16. The molecule has 0 saturated carbocycles. The summed E-state index contributed by atoms with van der Waals surface area (Å²) in [6.45, 7) is 3.41. The summed E-state index contributed by atoms with van der Waals surface area (Å²) in [6, 6.07) is 4.24. The Bertz CT molecular complexity index is 618. The van der Waals surface area contributed by atoms with Crippen LogP contribution < -0.4 is 4.90 Å². The molecule has 7 heteroatoms. The quantitative estimate of drug-likeness (QED) is 0.826. The minimum absolute atomic E-state index is 0.155. The van der Waals surface area contributed by atoms with E-state index < -0.39 is 5.97 Å². The van der Waals surface area contributed by atoms with Crippen LogP contribution in [0.4, 0.5) is 5.13 Å². The second-order valence-electron chi connectivity index (χ2n) is 4.78. The summed E-state index contributed by atoms with van der Waals surface area (Å²) in [4.78, 5) is 30.2. The van der Waals surface area contributed by atoms with Gasteiger partial charge < -0.3 is 10.0 Å². The van der Waals surface area contributed by atoms with Crippen molar-refractivity contribution < 1.29 is 14.7 Å². The Morgan fingerprint density at radius 3 is 2.67 bits per heavy atom. The molecular weight excluding hydrogens is 308 g/mol. The van der Waals surface area contributed by atoms with Crippen LogP contribution in [0.5, 0.6) is 0 Å². The van der Waals surface area contributed by atoms with E-state index in [1.165, 1.54) is 11.8 Å². The van der Waals surface area contributed by atoms with Crippen LogP contribution in [-0.4, -0.2) is 34.9 Å². The van der Waals surface area contributed by atoms with Crippen molar-refractivity contribution in [3.63, 3.8) is 0 Å². The van der Waals surface area contributed by atoms with Gasteiger partial charge in [-0.25, -0.2) is 9.78 Å². The molecule has 0 fully saturated rings. The van der Waals surface area contributed by atoms with Gasteiger partial charge in [-0.1, -0.05) is 17.4 Å². The Hall–Kier alpha value is -1.73. The molecule has 1 N–H and O–H groups in total. The molecule has 1 unspecified atom stereocenters. The summed E-state index contributed by atoms with van der Waals surface area (Å²) >= 11 is 2.82. The zero-order chi connectivity index (χ0) is 15.6. The summed E-state index contributed by atoms with van der Waals surface area (Å²) in [7, 11) is 1.87. The van der Waals surface area contributed by atoms with Crippen molar-refractivity contribution >= 4 is 39.6 Å². The molecule has 0 spiro atoms. The molecule has 0 aliphatic carbocycles. The first-order chi connectivity index (χ1) is 9.90. The molecule has 0 bridgehead atoms. The van der Waals surface area contributed by atoms with E-state index in [-0.39, 0.29) is 22.4 Å². The number of hydrogen-bond acceptors (Lipinski definition) is 6. The molecule has 112 valence electrons. The molecule has 0 radical (unpaired) electrons. The number of anilines is 1. The van der Waals surface area contributed by atoms with Crippen LogP contribution in [0.2, 0.25) is 0 Å². The molecule has 21 heavy (non-hydrogen) atoms. The fourth-order valence-corrected chi connectivity index (χ4v) is 3.73. The van der Waals surface area contributed by atoms with Crippen molar-refractivity contribution in [2.45, 2.75) is 26.3 Å². The van der Waals surface area contributed by atoms with Crippen molar-refractivity contribution in [1.82, 2.24) is 4.98 Å². The molecular formula is C14H16N2O3S2. The highest BCUT2D eigenvalue weighted by Crippen LogP contribution is 2.28. The van der Waals surface area contributed by atoms with Gasteiger partial charge in [0.25, 0.3) is 0 Å². The highest BCUT2D eigenvalue weighted by atomic mass is 32.1. The zero-order valence-corrected chi connectivity index (χ0v) is 13.6. The van der Waals surface area contributed by atoms with Gasteiger partial charge in [-0.2, -0.15) is 0 Å². The van der Waals surface area contributed by atoms with Gasteiger partial charge in [0, 0.05) is 31.3 Å². The number of thiophene rings is 1. The normalized spacial score (nSPS) is 12.1. The van der Waals surface area contributed by atoms with Gasteiger partial charge in [0.2, 0.25) is 0 Å². The summed E-state index contributed by atoms with van der Waals surface area (Å²) in [5.74, 6) is -1.43. The van der Waals surface area contributed by atoms with E-state index in [1.807, 2.05) is 23.4 Å². The third-order valence-corrected chi connectivity index (χ3v) is 5.32. The van der Waals surface area contributed by atoms with Gasteiger partial charge in [0.1, 0.15) is 4.88 Å². The summed E-state index contributed by atoms with van der Waals surface area (Å²) in [6.07, 6.45) is 0.853. The maximum Gasteiger partial charge on any atom is 0.356 e. The number of Topliss-reactive ketones (excluding diaryl/α,β-unsaturated/α-hetero) is 1. The number of aromatic nitrogens is 1.